The largest absolute Gasteiger partial charge is 0.389 e. The van der Waals surface area contributed by atoms with Crippen LogP contribution in [0.3, 0.4) is 0 Å². The van der Waals surface area contributed by atoms with Crippen LogP contribution in [0.15, 0.2) is 18.3 Å². The van der Waals surface area contributed by atoms with Crippen molar-refractivity contribution in [3.63, 3.8) is 0 Å². The molecule has 0 spiro atoms. The minimum absolute atomic E-state index is 0.388. The molecule has 0 bridgehead atoms. The summed E-state index contributed by atoms with van der Waals surface area (Å²) in [4.78, 5) is 5.13. The molecular formula is C15H19N5S. The maximum Gasteiger partial charge on any atom is 0.136 e. The number of nitrogens with zero attached hydrogens (tertiary/aromatic N) is 3. The second kappa shape index (κ2) is 5.81. The van der Waals surface area contributed by atoms with Crippen molar-refractivity contribution in [3.8, 4) is 0 Å². The average Bonchev–Trinajstić information content (AvgIpc) is 2.89. The zero-order chi connectivity index (χ0) is 14.8. The van der Waals surface area contributed by atoms with E-state index in [9.17, 15) is 0 Å². The number of rotatable bonds is 4. The number of anilines is 1. The van der Waals surface area contributed by atoms with Crippen molar-refractivity contribution in [1.29, 1.82) is 0 Å². The molecule has 5 nitrogen and oxygen atoms in total. The number of aromatic nitrogens is 3. The fraction of sp³-hybridized carbons (Fsp3) is 0.400. The summed E-state index contributed by atoms with van der Waals surface area (Å²) in [6, 6.07) is 4.08. The van der Waals surface area contributed by atoms with Gasteiger partial charge in [-0.2, -0.15) is 5.10 Å². The zero-order valence-electron chi connectivity index (χ0n) is 12.1. The van der Waals surface area contributed by atoms with Crippen LogP contribution in [0, 0.1) is 0 Å². The number of nitrogens with one attached hydrogen (secondary N) is 1. The molecule has 2 aromatic rings. The summed E-state index contributed by atoms with van der Waals surface area (Å²) in [6.07, 6.45) is 6.44. The standard InChI is InChI=1S/C15H19N5S/c1-20-7-6-11(19-20)9-17-15-12(14(16)21)8-10-4-2-3-5-13(10)18-15/h6-8H,2-5,9H2,1H3,(H2,16,21)(H,17,18). The van der Waals surface area contributed by atoms with Crippen LogP contribution >= 0.6 is 12.2 Å². The van der Waals surface area contributed by atoms with Crippen molar-refractivity contribution < 1.29 is 0 Å². The van der Waals surface area contributed by atoms with E-state index in [2.05, 4.69) is 16.5 Å². The monoisotopic (exact) mass is 301 g/mol. The first-order valence-electron chi connectivity index (χ1n) is 7.18. The molecule has 0 saturated heterocycles. The van der Waals surface area contributed by atoms with E-state index in [1.54, 1.807) is 4.68 Å². The van der Waals surface area contributed by atoms with Gasteiger partial charge in [0, 0.05) is 18.9 Å². The van der Waals surface area contributed by atoms with E-state index in [4.69, 9.17) is 22.9 Å². The third-order valence-corrected chi connectivity index (χ3v) is 3.99. The molecule has 3 rings (SSSR count). The molecule has 2 heterocycles. The molecule has 0 unspecified atom stereocenters. The fourth-order valence-electron chi connectivity index (χ4n) is 2.69. The second-order valence-corrected chi connectivity index (χ2v) is 5.84. The minimum Gasteiger partial charge on any atom is -0.389 e. The summed E-state index contributed by atoms with van der Waals surface area (Å²) >= 11 is 5.17. The Morgan fingerprint density at radius 2 is 2.24 bits per heavy atom. The lowest BCUT2D eigenvalue weighted by Gasteiger charge is -2.18. The molecule has 0 amide bonds. The molecule has 0 fully saturated rings. The van der Waals surface area contributed by atoms with Gasteiger partial charge >= 0.3 is 0 Å². The van der Waals surface area contributed by atoms with Crippen molar-refractivity contribution in [2.45, 2.75) is 32.2 Å². The quantitative estimate of drug-likeness (QED) is 0.845. The van der Waals surface area contributed by atoms with E-state index in [1.807, 2.05) is 19.3 Å². The van der Waals surface area contributed by atoms with Crippen molar-refractivity contribution in [3.05, 3.63) is 40.8 Å². The summed E-state index contributed by atoms with van der Waals surface area (Å²) in [5, 5.41) is 7.67. The topological polar surface area (TPSA) is 68.8 Å². The van der Waals surface area contributed by atoms with Gasteiger partial charge in [-0.05, 0) is 43.4 Å². The van der Waals surface area contributed by atoms with E-state index in [0.29, 0.717) is 11.5 Å². The summed E-state index contributed by atoms with van der Waals surface area (Å²) in [5.74, 6) is 0.772. The minimum atomic E-state index is 0.388. The van der Waals surface area contributed by atoms with E-state index in [1.165, 1.54) is 24.1 Å². The molecule has 21 heavy (non-hydrogen) atoms. The zero-order valence-corrected chi connectivity index (χ0v) is 12.9. The lowest BCUT2D eigenvalue weighted by Crippen LogP contribution is -2.18. The SMILES string of the molecule is Cn1ccc(CNc2nc3c(cc2C(N)=S)CCCC3)n1. The number of hydrogen-bond acceptors (Lipinski definition) is 4. The highest BCUT2D eigenvalue weighted by atomic mass is 32.1. The van der Waals surface area contributed by atoms with Crippen LogP contribution in [0.4, 0.5) is 5.82 Å². The normalized spacial score (nSPS) is 13.8. The summed E-state index contributed by atoms with van der Waals surface area (Å²) in [5.41, 5.74) is 10.1. The highest BCUT2D eigenvalue weighted by Gasteiger charge is 2.16. The molecule has 110 valence electrons. The lowest BCUT2D eigenvalue weighted by atomic mass is 9.94. The van der Waals surface area contributed by atoms with Gasteiger partial charge in [0.1, 0.15) is 10.8 Å². The molecule has 0 aromatic carbocycles. The molecule has 0 radical (unpaired) electrons. The second-order valence-electron chi connectivity index (χ2n) is 5.40. The number of pyridine rings is 1. The first kappa shape index (κ1) is 14.0. The van der Waals surface area contributed by atoms with E-state index in [0.717, 1.165) is 29.9 Å². The summed E-state index contributed by atoms with van der Waals surface area (Å²) in [6.45, 7) is 0.613. The Balaban J connectivity index is 1.87. The molecule has 0 saturated carbocycles. The van der Waals surface area contributed by atoms with E-state index >= 15 is 0 Å². The first-order valence-corrected chi connectivity index (χ1v) is 7.59. The average molecular weight is 301 g/mol. The number of thiocarbonyl (C=S) groups is 1. The lowest BCUT2D eigenvalue weighted by molar-refractivity contribution is 0.668. The van der Waals surface area contributed by atoms with Crippen LogP contribution in [0.1, 0.15) is 35.4 Å². The van der Waals surface area contributed by atoms with Crippen LogP contribution < -0.4 is 11.1 Å². The molecule has 6 heteroatoms. The Morgan fingerprint density at radius 3 is 2.95 bits per heavy atom. The Morgan fingerprint density at radius 1 is 1.43 bits per heavy atom. The Hall–Kier alpha value is -1.95. The van der Waals surface area contributed by atoms with Crippen molar-refractivity contribution in [2.24, 2.45) is 12.8 Å². The molecule has 2 aromatic heterocycles. The maximum atomic E-state index is 5.85. The molecule has 1 aliphatic rings. The van der Waals surface area contributed by atoms with Crippen LogP contribution in [-0.4, -0.2) is 19.8 Å². The van der Waals surface area contributed by atoms with Gasteiger partial charge in [0.2, 0.25) is 0 Å². The van der Waals surface area contributed by atoms with Crippen LogP contribution in [0.5, 0.6) is 0 Å². The predicted molar refractivity (Wildman–Crippen MR) is 87.3 cm³/mol. The fourth-order valence-corrected chi connectivity index (χ4v) is 2.84. The number of hydrogen-bond donors (Lipinski definition) is 2. The van der Waals surface area contributed by atoms with Crippen molar-refractivity contribution in [1.82, 2.24) is 14.8 Å². The summed E-state index contributed by atoms with van der Waals surface area (Å²) < 4.78 is 1.78. The Labute approximate surface area is 129 Å². The van der Waals surface area contributed by atoms with Gasteiger partial charge in [-0.15, -0.1) is 0 Å². The Kier molecular flexibility index (Phi) is 3.88. The van der Waals surface area contributed by atoms with Gasteiger partial charge in [0.25, 0.3) is 0 Å². The van der Waals surface area contributed by atoms with E-state index < -0.39 is 0 Å². The highest BCUT2D eigenvalue weighted by Crippen LogP contribution is 2.25. The first-order chi connectivity index (χ1) is 10.1. The molecular weight excluding hydrogens is 282 g/mol. The maximum absolute atomic E-state index is 5.85. The third kappa shape index (κ3) is 3.05. The highest BCUT2D eigenvalue weighted by molar-refractivity contribution is 7.80. The number of aryl methyl sites for hydroxylation is 3. The van der Waals surface area contributed by atoms with Crippen molar-refractivity contribution in [2.75, 3.05) is 5.32 Å². The molecule has 0 aliphatic heterocycles. The third-order valence-electron chi connectivity index (χ3n) is 3.77. The van der Waals surface area contributed by atoms with Gasteiger partial charge in [-0.1, -0.05) is 12.2 Å². The molecule has 1 aliphatic carbocycles. The molecule has 0 atom stereocenters. The van der Waals surface area contributed by atoms with Gasteiger partial charge in [-0.3, -0.25) is 4.68 Å². The summed E-state index contributed by atoms with van der Waals surface area (Å²) in [7, 11) is 1.90. The predicted octanol–water partition coefficient (Wildman–Crippen LogP) is 1.94. The number of fused-ring (bicyclic) bond motifs is 1. The van der Waals surface area contributed by atoms with Crippen molar-refractivity contribution >= 4 is 23.0 Å². The molecule has 3 N–H and O–H groups in total. The van der Waals surface area contributed by atoms with Gasteiger partial charge < -0.3 is 11.1 Å². The van der Waals surface area contributed by atoms with Crippen LogP contribution in [-0.2, 0) is 26.4 Å². The van der Waals surface area contributed by atoms with Gasteiger partial charge in [-0.25, -0.2) is 4.98 Å². The van der Waals surface area contributed by atoms with Crippen LogP contribution in [0.2, 0.25) is 0 Å². The Bertz CT molecular complexity index is 677. The van der Waals surface area contributed by atoms with Gasteiger partial charge in [0.05, 0.1) is 17.8 Å². The van der Waals surface area contributed by atoms with Gasteiger partial charge in [0.15, 0.2) is 0 Å². The van der Waals surface area contributed by atoms with E-state index in [-0.39, 0.29) is 0 Å². The van der Waals surface area contributed by atoms with Crippen LogP contribution in [0.25, 0.3) is 0 Å². The smallest absolute Gasteiger partial charge is 0.136 e. The number of nitrogens with two attached hydrogens (primary N) is 1.